The van der Waals surface area contributed by atoms with Crippen LogP contribution in [0.5, 0.6) is 0 Å². The minimum atomic E-state index is 0.299. The molecule has 2 atom stereocenters. The van der Waals surface area contributed by atoms with Crippen LogP contribution in [-0.2, 0) is 6.42 Å². The van der Waals surface area contributed by atoms with Gasteiger partial charge < -0.3 is 10.4 Å². The van der Waals surface area contributed by atoms with Crippen molar-refractivity contribution in [3.05, 3.63) is 33.8 Å². The lowest BCUT2D eigenvalue weighted by atomic mass is 10.0. The molecule has 0 saturated carbocycles. The smallest absolute Gasteiger partial charge is 0.0434 e. The van der Waals surface area contributed by atoms with Crippen LogP contribution in [0.2, 0.25) is 0 Å². The van der Waals surface area contributed by atoms with Crippen molar-refractivity contribution in [1.82, 2.24) is 5.32 Å². The molecule has 1 aromatic carbocycles. The number of benzene rings is 1. The molecule has 2 nitrogen and oxygen atoms in total. The van der Waals surface area contributed by atoms with Crippen LogP contribution in [0.25, 0.3) is 0 Å². The summed E-state index contributed by atoms with van der Waals surface area (Å²) in [6.07, 6.45) is 4.41. The third-order valence-electron chi connectivity index (χ3n) is 3.95. The highest BCUT2D eigenvalue weighted by atomic mass is 79.9. The first-order valence-corrected chi connectivity index (χ1v) is 7.66. The van der Waals surface area contributed by atoms with Gasteiger partial charge in [-0.2, -0.15) is 0 Å². The fourth-order valence-electron chi connectivity index (χ4n) is 2.73. The first kappa shape index (κ1) is 14.0. The largest absolute Gasteiger partial charge is 0.396 e. The number of aryl methyl sites for hydroxylation is 1. The third-order valence-corrected chi connectivity index (χ3v) is 4.45. The zero-order chi connectivity index (χ0) is 13.0. The second-order valence-electron chi connectivity index (χ2n) is 5.13. The Kier molecular flexibility index (Phi) is 5.22. The van der Waals surface area contributed by atoms with Gasteiger partial charge in [-0.1, -0.05) is 35.3 Å². The highest BCUT2D eigenvalue weighted by Crippen LogP contribution is 2.33. The molecule has 100 valence electrons. The average molecular weight is 312 g/mol. The van der Waals surface area contributed by atoms with Crippen LogP contribution in [0.4, 0.5) is 0 Å². The molecule has 1 aromatic rings. The second kappa shape index (κ2) is 6.69. The SMILES string of the molecule is CCC(CCO)CNC1CCc2ccc(Br)cc21. The van der Waals surface area contributed by atoms with E-state index in [1.165, 1.54) is 24.0 Å². The Morgan fingerprint density at radius 2 is 2.33 bits per heavy atom. The Balaban J connectivity index is 1.95. The number of hydrogen-bond donors (Lipinski definition) is 2. The number of rotatable bonds is 6. The van der Waals surface area contributed by atoms with E-state index in [2.05, 4.69) is 46.4 Å². The fourth-order valence-corrected chi connectivity index (χ4v) is 3.11. The van der Waals surface area contributed by atoms with Gasteiger partial charge in [0.15, 0.2) is 0 Å². The zero-order valence-corrected chi connectivity index (χ0v) is 12.5. The summed E-state index contributed by atoms with van der Waals surface area (Å²) in [5.41, 5.74) is 2.93. The van der Waals surface area contributed by atoms with E-state index >= 15 is 0 Å². The van der Waals surface area contributed by atoms with E-state index < -0.39 is 0 Å². The fraction of sp³-hybridized carbons (Fsp3) is 0.600. The molecular formula is C15H22BrNO. The van der Waals surface area contributed by atoms with Gasteiger partial charge in [0, 0.05) is 17.1 Å². The minimum absolute atomic E-state index is 0.299. The summed E-state index contributed by atoms with van der Waals surface area (Å²) in [6.45, 7) is 3.50. The van der Waals surface area contributed by atoms with E-state index in [0.717, 1.165) is 23.9 Å². The Labute approximate surface area is 118 Å². The predicted octanol–water partition coefficient (Wildman–Crippen LogP) is 3.43. The molecule has 0 aliphatic heterocycles. The molecule has 2 rings (SSSR count). The highest BCUT2D eigenvalue weighted by molar-refractivity contribution is 9.10. The average Bonchev–Trinajstić information content (AvgIpc) is 2.77. The standard InChI is InChI=1S/C15H22BrNO/c1-2-11(7-8-18)10-17-15-6-4-12-3-5-13(16)9-14(12)15/h3,5,9,11,15,17-18H,2,4,6-8,10H2,1H3. The first-order chi connectivity index (χ1) is 8.74. The summed E-state index contributed by atoms with van der Waals surface area (Å²) >= 11 is 3.55. The van der Waals surface area contributed by atoms with Crippen molar-refractivity contribution < 1.29 is 5.11 Å². The van der Waals surface area contributed by atoms with Crippen LogP contribution in [0.3, 0.4) is 0 Å². The summed E-state index contributed by atoms with van der Waals surface area (Å²) in [6, 6.07) is 7.09. The van der Waals surface area contributed by atoms with Gasteiger partial charge in [-0.05, 0) is 55.0 Å². The van der Waals surface area contributed by atoms with Gasteiger partial charge in [-0.3, -0.25) is 0 Å². The summed E-state index contributed by atoms with van der Waals surface area (Å²) in [4.78, 5) is 0. The number of nitrogens with one attached hydrogen (secondary N) is 1. The maximum absolute atomic E-state index is 9.02. The Morgan fingerprint density at radius 3 is 3.06 bits per heavy atom. The van der Waals surface area contributed by atoms with Crippen molar-refractivity contribution in [3.8, 4) is 0 Å². The normalized spacial score (nSPS) is 19.8. The lowest BCUT2D eigenvalue weighted by molar-refractivity contribution is 0.248. The lowest BCUT2D eigenvalue weighted by Gasteiger charge is -2.19. The molecule has 0 bridgehead atoms. The van der Waals surface area contributed by atoms with Gasteiger partial charge in [-0.25, -0.2) is 0 Å². The van der Waals surface area contributed by atoms with E-state index in [-0.39, 0.29) is 0 Å². The van der Waals surface area contributed by atoms with E-state index in [1.54, 1.807) is 0 Å². The molecule has 3 heteroatoms. The molecule has 1 aliphatic carbocycles. The molecule has 0 heterocycles. The summed E-state index contributed by atoms with van der Waals surface area (Å²) < 4.78 is 1.16. The zero-order valence-electron chi connectivity index (χ0n) is 11.0. The summed E-state index contributed by atoms with van der Waals surface area (Å²) in [5, 5.41) is 12.7. The van der Waals surface area contributed by atoms with Gasteiger partial charge >= 0.3 is 0 Å². The van der Waals surface area contributed by atoms with Crippen LogP contribution >= 0.6 is 15.9 Å². The second-order valence-corrected chi connectivity index (χ2v) is 6.04. The first-order valence-electron chi connectivity index (χ1n) is 6.87. The third kappa shape index (κ3) is 3.34. The Morgan fingerprint density at radius 1 is 1.50 bits per heavy atom. The maximum atomic E-state index is 9.02. The summed E-state index contributed by atoms with van der Waals surface area (Å²) in [5.74, 6) is 0.589. The molecule has 0 amide bonds. The number of aliphatic hydroxyl groups excluding tert-OH is 1. The molecule has 0 aromatic heterocycles. The van der Waals surface area contributed by atoms with E-state index in [1.807, 2.05) is 0 Å². The monoisotopic (exact) mass is 311 g/mol. The summed E-state index contributed by atoms with van der Waals surface area (Å²) in [7, 11) is 0. The number of aliphatic hydroxyl groups is 1. The molecule has 0 saturated heterocycles. The van der Waals surface area contributed by atoms with Crippen LogP contribution in [0.1, 0.15) is 43.4 Å². The molecular weight excluding hydrogens is 290 g/mol. The highest BCUT2D eigenvalue weighted by Gasteiger charge is 2.22. The van der Waals surface area contributed by atoms with Crippen molar-refractivity contribution in [3.63, 3.8) is 0 Å². The van der Waals surface area contributed by atoms with Gasteiger partial charge in [0.05, 0.1) is 0 Å². The quantitative estimate of drug-likeness (QED) is 0.843. The molecule has 1 aliphatic rings. The van der Waals surface area contributed by atoms with Crippen LogP contribution in [0, 0.1) is 5.92 Å². The Hall–Kier alpha value is -0.380. The molecule has 2 unspecified atom stereocenters. The number of fused-ring (bicyclic) bond motifs is 1. The maximum Gasteiger partial charge on any atom is 0.0434 e. The Bertz CT molecular complexity index is 394. The van der Waals surface area contributed by atoms with Crippen molar-refractivity contribution in [1.29, 1.82) is 0 Å². The molecule has 0 spiro atoms. The lowest BCUT2D eigenvalue weighted by Crippen LogP contribution is -2.26. The van der Waals surface area contributed by atoms with Crippen LogP contribution in [0.15, 0.2) is 22.7 Å². The van der Waals surface area contributed by atoms with Crippen LogP contribution in [-0.4, -0.2) is 18.3 Å². The molecule has 0 radical (unpaired) electrons. The van der Waals surface area contributed by atoms with Gasteiger partial charge in [0.25, 0.3) is 0 Å². The predicted molar refractivity (Wildman–Crippen MR) is 78.7 cm³/mol. The van der Waals surface area contributed by atoms with Gasteiger partial charge in [-0.15, -0.1) is 0 Å². The van der Waals surface area contributed by atoms with Crippen molar-refractivity contribution in [2.45, 2.75) is 38.6 Å². The van der Waals surface area contributed by atoms with E-state index in [9.17, 15) is 0 Å². The number of halogens is 1. The topological polar surface area (TPSA) is 32.3 Å². The minimum Gasteiger partial charge on any atom is -0.396 e. The van der Waals surface area contributed by atoms with Crippen LogP contribution < -0.4 is 5.32 Å². The van der Waals surface area contributed by atoms with Crippen molar-refractivity contribution in [2.24, 2.45) is 5.92 Å². The molecule has 2 N–H and O–H groups in total. The number of hydrogen-bond acceptors (Lipinski definition) is 2. The van der Waals surface area contributed by atoms with Gasteiger partial charge in [0.2, 0.25) is 0 Å². The molecule has 0 fully saturated rings. The van der Waals surface area contributed by atoms with E-state index in [4.69, 9.17) is 5.11 Å². The molecule has 18 heavy (non-hydrogen) atoms. The van der Waals surface area contributed by atoms with Crippen molar-refractivity contribution >= 4 is 15.9 Å². The van der Waals surface area contributed by atoms with Gasteiger partial charge in [0.1, 0.15) is 0 Å². The van der Waals surface area contributed by atoms with E-state index in [0.29, 0.717) is 18.6 Å². The van der Waals surface area contributed by atoms with Crippen molar-refractivity contribution in [2.75, 3.05) is 13.2 Å².